The summed E-state index contributed by atoms with van der Waals surface area (Å²) in [6.07, 6.45) is 1.97. The third-order valence-electron chi connectivity index (χ3n) is 3.89. The molecule has 1 saturated carbocycles. The van der Waals surface area contributed by atoms with Gasteiger partial charge in [-0.2, -0.15) is 0 Å². The molecule has 0 aromatic rings. The van der Waals surface area contributed by atoms with E-state index in [1.165, 1.54) is 0 Å². The summed E-state index contributed by atoms with van der Waals surface area (Å²) in [4.78, 5) is 0. The summed E-state index contributed by atoms with van der Waals surface area (Å²) in [5, 5.41) is 0. The van der Waals surface area contributed by atoms with Gasteiger partial charge >= 0.3 is 17.6 Å². The third-order valence-corrected chi connectivity index (χ3v) is 10.8. The number of hydrogen-bond donors (Lipinski definition) is 0. The Balaban J connectivity index is 2.93. The van der Waals surface area contributed by atoms with Crippen molar-refractivity contribution in [3.05, 3.63) is 0 Å². The average Bonchev–Trinajstić information content (AvgIpc) is 2.40. The van der Waals surface area contributed by atoms with Crippen LogP contribution in [0.4, 0.5) is 0 Å². The van der Waals surface area contributed by atoms with E-state index in [9.17, 15) is 0 Å². The van der Waals surface area contributed by atoms with E-state index in [1.807, 2.05) is 0 Å². The smallest absolute Gasteiger partial charge is 0.377 e. The Morgan fingerprint density at radius 2 is 0.778 bits per heavy atom. The second-order valence-electron chi connectivity index (χ2n) is 4.22. The Hall–Kier alpha value is 0.194. The SMILES string of the molecule is CO[Si](OC)(OC)C1CCC1[Si](OC)(OC)OC. The first-order valence-corrected chi connectivity index (χ1v) is 9.51. The van der Waals surface area contributed by atoms with Gasteiger partial charge in [0, 0.05) is 53.7 Å². The second-order valence-corrected chi connectivity index (χ2v) is 10.6. The first kappa shape index (κ1) is 16.2. The van der Waals surface area contributed by atoms with Gasteiger partial charge < -0.3 is 26.6 Å². The van der Waals surface area contributed by atoms with Crippen LogP contribution in [-0.4, -0.2) is 60.3 Å². The maximum absolute atomic E-state index is 5.55. The fourth-order valence-electron chi connectivity index (χ4n) is 2.75. The quantitative estimate of drug-likeness (QED) is 0.629. The zero-order chi connectivity index (χ0) is 13.8. The summed E-state index contributed by atoms with van der Waals surface area (Å²) in [5.74, 6) is 0. The van der Waals surface area contributed by atoms with Crippen LogP contribution in [0.15, 0.2) is 0 Å². The monoisotopic (exact) mass is 296 g/mol. The van der Waals surface area contributed by atoms with Gasteiger partial charge in [-0.15, -0.1) is 0 Å². The van der Waals surface area contributed by atoms with E-state index < -0.39 is 17.6 Å². The summed E-state index contributed by atoms with van der Waals surface area (Å²) < 4.78 is 33.3. The summed E-state index contributed by atoms with van der Waals surface area (Å²) in [6, 6.07) is 0. The Morgan fingerprint density at radius 3 is 0.889 bits per heavy atom. The topological polar surface area (TPSA) is 55.4 Å². The average molecular weight is 296 g/mol. The Kier molecular flexibility index (Phi) is 5.93. The van der Waals surface area contributed by atoms with Crippen LogP contribution in [0, 0.1) is 0 Å². The van der Waals surface area contributed by atoms with Gasteiger partial charge in [0.2, 0.25) is 0 Å². The largest absolute Gasteiger partial charge is 0.503 e. The molecule has 6 nitrogen and oxygen atoms in total. The van der Waals surface area contributed by atoms with Gasteiger partial charge in [0.15, 0.2) is 0 Å². The standard InChI is InChI=1S/C10H24O6Si2/c1-11-17(12-2,13-3)9-7-8-10(9)18(14-4,15-5)16-6/h9-10H,7-8H2,1-6H3. The molecule has 0 aromatic carbocycles. The minimum absolute atomic E-state index is 0.170. The maximum atomic E-state index is 5.55. The van der Waals surface area contributed by atoms with Gasteiger partial charge in [-0.25, -0.2) is 0 Å². The van der Waals surface area contributed by atoms with Crippen LogP contribution in [0.2, 0.25) is 11.1 Å². The van der Waals surface area contributed by atoms with Crippen LogP contribution in [0.25, 0.3) is 0 Å². The molecule has 0 aromatic heterocycles. The molecule has 0 spiro atoms. The van der Waals surface area contributed by atoms with Crippen molar-refractivity contribution in [3.63, 3.8) is 0 Å². The summed E-state index contributed by atoms with van der Waals surface area (Å²) in [6.45, 7) is 0. The molecular formula is C10H24O6Si2. The molecule has 1 aliphatic carbocycles. The first-order valence-electron chi connectivity index (χ1n) is 5.90. The fourth-order valence-corrected chi connectivity index (χ4v) is 9.16. The second kappa shape index (κ2) is 6.57. The summed E-state index contributed by atoms with van der Waals surface area (Å²) in [5.41, 5.74) is 0.341. The minimum Gasteiger partial charge on any atom is -0.377 e. The molecule has 0 bridgehead atoms. The molecule has 18 heavy (non-hydrogen) atoms. The van der Waals surface area contributed by atoms with E-state index in [-0.39, 0.29) is 11.1 Å². The molecule has 2 atom stereocenters. The number of hydrogen-bond acceptors (Lipinski definition) is 6. The van der Waals surface area contributed by atoms with Crippen LogP contribution < -0.4 is 0 Å². The molecule has 0 heterocycles. The Labute approximate surface area is 111 Å². The molecule has 0 radical (unpaired) electrons. The summed E-state index contributed by atoms with van der Waals surface area (Å²) in [7, 11) is 4.45. The van der Waals surface area contributed by atoms with Gasteiger partial charge in [-0.1, -0.05) is 0 Å². The lowest BCUT2D eigenvalue weighted by molar-refractivity contribution is 0.0646. The Morgan fingerprint density at radius 1 is 0.556 bits per heavy atom. The van der Waals surface area contributed by atoms with Crippen molar-refractivity contribution in [1.29, 1.82) is 0 Å². The molecular weight excluding hydrogens is 272 g/mol. The van der Waals surface area contributed by atoms with Gasteiger partial charge in [0.1, 0.15) is 0 Å². The fraction of sp³-hybridized carbons (Fsp3) is 1.00. The molecule has 0 aliphatic heterocycles. The molecule has 108 valence electrons. The normalized spacial score (nSPS) is 25.0. The molecule has 1 aliphatic rings. The van der Waals surface area contributed by atoms with Crippen molar-refractivity contribution in [1.82, 2.24) is 0 Å². The van der Waals surface area contributed by atoms with Crippen molar-refractivity contribution in [2.45, 2.75) is 23.9 Å². The third kappa shape index (κ3) is 2.43. The molecule has 0 amide bonds. The van der Waals surface area contributed by atoms with Gasteiger partial charge in [0.05, 0.1) is 0 Å². The van der Waals surface area contributed by atoms with Crippen molar-refractivity contribution >= 4 is 17.6 Å². The lowest BCUT2D eigenvalue weighted by Gasteiger charge is -2.48. The van der Waals surface area contributed by atoms with Crippen LogP contribution in [0.5, 0.6) is 0 Å². The first-order chi connectivity index (χ1) is 8.59. The van der Waals surface area contributed by atoms with Crippen LogP contribution in [0.1, 0.15) is 12.8 Å². The van der Waals surface area contributed by atoms with E-state index in [0.717, 1.165) is 12.8 Å². The maximum Gasteiger partial charge on any atom is 0.503 e. The highest BCUT2D eigenvalue weighted by Gasteiger charge is 2.65. The summed E-state index contributed by atoms with van der Waals surface area (Å²) >= 11 is 0. The van der Waals surface area contributed by atoms with E-state index >= 15 is 0 Å². The predicted octanol–water partition coefficient (Wildman–Crippen LogP) is 1.28. The Bertz CT molecular complexity index is 214. The van der Waals surface area contributed by atoms with E-state index in [4.69, 9.17) is 26.6 Å². The predicted molar refractivity (Wildman–Crippen MR) is 70.3 cm³/mol. The van der Waals surface area contributed by atoms with Crippen LogP contribution in [-0.2, 0) is 26.6 Å². The lowest BCUT2D eigenvalue weighted by Crippen LogP contribution is -2.60. The van der Waals surface area contributed by atoms with Gasteiger partial charge in [0.25, 0.3) is 0 Å². The molecule has 2 unspecified atom stereocenters. The molecule has 0 saturated heterocycles. The van der Waals surface area contributed by atoms with E-state index in [0.29, 0.717) is 0 Å². The minimum atomic E-state index is -2.66. The van der Waals surface area contributed by atoms with Gasteiger partial charge in [-0.05, 0) is 12.8 Å². The highest BCUT2D eigenvalue weighted by Crippen LogP contribution is 2.56. The van der Waals surface area contributed by atoms with Crippen molar-refractivity contribution < 1.29 is 26.6 Å². The van der Waals surface area contributed by atoms with Crippen LogP contribution >= 0.6 is 0 Å². The van der Waals surface area contributed by atoms with E-state index in [1.54, 1.807) is 42.7 Å². The molecule has 1 fully saturated rings. The van der Waals surface area contributed by atoms with Crippen molar-refractivity contribution in [2.75, 3.05) is 42.7 Å². The number of rotatable bonds is 8. The van der Waals surface area contributed by atoms with Gasteiger partial charge in [-0.3, -0.25) is 0 Å². The molecule has 1 rings (SSSR count). The van der Waals surface area contributed by atoms with Crippen LogP contribution in [0.3, 0.4) is 0 Å². The highest BCUT2D eigenvalue weighted by molar-refractivity contribution is 6.69. The highest BCUT2D eigenvalue weighted by atomic mass is 28.4. The van der Waals surface area contributed by atoms with Crippen molar-refractivity contribution in [3.8, 4) is 0 Å². The molecule has 8 heteroatoms. The van der Waals surface area contributed by atoms with Crippen molar-refractivity contribution in [2.24, 2.45) is 0 Å². The molecule has 0 N–H and O–H groups in total. The van der Waals surface area contributed by atoms with E-state index in [2.05, 4.69) is 0 Å². The zero-order valence-electron chi connectivity index (χ0n) is 12.0. The lowest BCUT2D eigenvalue weighted by atomic mass is 9.98. The zero-order valence-corrected chi connectivity index (χ0v) is 14.0.